The van der Waals surface area contributed by atoms with E-state index in [0.717, 1.165) is 31.5 Å². The van der Waals surface area contributed by atoms with E-state index < -0.39 is 0 Å². The van der Waals surface area contributed by atoms with Gasteiger partial charge < -0.3 is 9.64 Å². The van der Waals surface area contributed by atoms with Gasteiger partial charge in [-0.05, 0) is 37.0 Å². The molecule has 1 aromatic rings. The van der Waals surface area contributed by atoms with Crippen molar-refractivity contribution in [3.8, 4) is 0 Å². The smallest absolute Gasteiger partial charge is 0.337 e. The van der Waals surface area contributed by atoms with Crippen molar-refractivity contribution in [1.29, 1.82) is 0 Å². The number of ether oxygens (including phenoxy) is 1. The SMILES string of the molecule is COC(=O)c1ccc(CC(=O)N2CCCCC2)cc1. The fraction of sp³-hybridized carbons (Fsp3) is 0.467. The number of nitrogens with zero attached hydrogens (tertiary/aromatic N) is 1. The molecule has 0 aromatic heterocycles. The molecule has 1 heterocycles. The van der Waals surface area contributed by atoms with Gasteiger partial charge in [-0.3, -0.25) is 4.79 Å². The largest absolute Gasteiger partial charge is 0.465 e. The van der Waals surface area contributed by atoms with Gasteiger partial charge in [0.2, 0.25) is 5.91 Å². The van der Waals surface area contributed by atoms with E-state index in [1.54, 1.807) is 12.1 Å². The Kier molecular flexibility index (Phi) is 4.55. The average molecular weight is 261 g/mol. The van der Waals surface area contributed by atoms with Crippen LogP contribution in [0.4, 0.5) is 0 Å². The fourth-order valence-corrected chi connectivity index (χ4v) is 2.31. The van der Waals surface area contributed by atoms with Crippen LogP contribution in [-0.4, -0.2) is 37.0 Å². The van der Waals surface area contributed by atoms with Crippen LogP contribution in [0, 0.1) is 0 Å². The first kappa shape index (κ1) is 13.6. The van der Waals surface area contributed by atoms with Crippen molar-refractivity contribution in [1.82, 2.24) is 4.90 Å². The minimum atomic E-state index is -0.353. The zero-order valence-corrected chi connectivity index (χ0v) is 11.2. The van der Waals surface area contributed by atoms with Crippen LogP contribution in [0.15, 0.2) is 24.3 Å². The van der Waals surface area contributed by atoms with Crippen LogP contribution in [-0.2, 0) is 16.0 Å². The summed E-state index contributed by atoms with van der Waals surface area (Å²) in [6.07, 6.45) is 3.83. The molecule has 1 aliphatic rings. The van der Waals surface area contributed by atoms with E-state index in [9.17, 15) is 9.59 Å². The molecular weight excluding hydrogens is 242 g/mol. The molecule has 1 aliphatic heterocycles. The molecule has 0 spiro atoms. The molecular formula is C15H19NO3. The Morgan fingerprint density at radius 3 is 2.32 bits per heavy atom. The van der Waals surface area contributed by atoms with Crippen molar-refractivity contribution in [3.63, 3.8) is 0 Å². The summed E-state index contributed by atoms with van der Waals surface area (Å²) >= 11 is 0. The number of amides is 1. The maximum atomic E-state index is 12.1. The Morgan fingerprint density at radius 2 is 1.74 bits per heavy atom. The first-order valence-electron chi connectivity index (χ1n) is 6.66. The molecule has 0 N–H and O–H groups in total. The summed E-state index contributed by atoms with van der Waals surface area (Å²) < 4.78 is 4.64. The second kappa shape index (κ2) is 6.36. The van der Waals surface area contributed by atoms with E-state index in [1.807, 2.05) is 17.0 Å². The molecule has 102 valence electrons. The monoisotopic (exact) mass is 261 g/mol. The van der Waals surface area contributed by atoms with Gasteiger partial charge >= 0.3 is 5.97 Å². The van der Waals surface area contributed by atoms with Gasteiger partial charge in [0, 0.05) is 13.1 Å². The molecule has 1 saturated heterocycles. The first-order chi connectivity index (χ1) is 9.20. The quantitative estimate of drug-likeness (QED) is 0.782. The number of rotatable bonds is 3. The van der Waals surface area contributed by atoms with Crippen molar-refractivity contribution in [2.24, 2.45) is 0 Å². The first-order valence-corrected chi connectivity index (χ1v) is 6.66. The standard InChI is InChI=1S/C15H19NO3/c1-19-15(18)13-7-5-12(6-8-13)11-14(17)16-9-3-2-4-10-16/h5-8H,2-4,9-11H2,1H3. The summed E-state index contributed by atoms with van der Waals surface area (Å²) in [5, 5.41) is 0. The Morgan fingerprint density at radius 1 is 1.11 bits per heavy atom. The maximum Gasteiger partial charge on any atom is 0.337 e. The number of benzene rings is 1. The van der Waals surface area contributed by atoms with E-state index in [-0.39, 0.29) is 11.9 Å². The Hall–Kier alpha value is -1.84. The van der Waals surface area contributed by atoms with Gasteiger partial charge in [0.05, 0.1) is 19.1 Å². The molecule has 0 atom stereocenters. The van der Waals surface area contributed by atoms with Crippen LogP contribution in [0.3, 0.4) is 0 Å². The van der Waals surface area contributed by atoms with Gasteiger partial charge in [-0.25, -0.2) is 4.79 Å². The number of piperidine rings is 1. The highest BCUT2D eigenvalue weighted by atomic mass is 16.5. The van der Waals surface area contributed by atoms with Gasteiger partial charge in [-0.2, -0.15) is 0 Å². The third-order valence-corrected chi connectivity index (χ3v) is 3.44. The van der Waals surface area contributed by atoms with E-state index in [4.69, 9.17) is 0 Å². The van der Waals surface area contributed by atoms with Crippen molar-refractivity contribution in [2.45, 2.75) is 25.7 Å². The third kappa shape index (κ3) is 3.56. The highest BCUT2D eigenvalue weighted by molar-refractivity contribution is 5.89. The fourth-order valence-electron chi connectivity index (χ4n) is 2.31. The van der Waals surface area contributed by atoms with Crippen molar-refractivity contribution in [3.05, 3.63) is 35.4 Å². The van der Waals surface area contributed by atoms with Crippen LogP contribution < -0.4 is 0 Å². The topological polar surface area (TPSA) is 46.6 Å². The molecule has 1 amide bonds. The maximum absolute atomic E-state index is 12.1. The lowest BCUT2D eigenvalue weighted by atomic mass is 10.1. The Bertz CT molecular complexity index is 447. The molecule has 0 bridgehead atoms. The van der Waals surface area contributed by atoms with E-state index in [1.165, 1.54) is 13.5 Å². The average Bonchev–Trinajstić information content (AvgIpc) is 2.48. The van der Waals surface area contributed by atoms with E-state index >= 15 is 0 Å². The van der Waals surface area contributed by atoms with Gasteiger partial charge in [-0.1, -0.05) is 12.1 Å². The van der Waals surface area contributed by atoms with Crippen molar-refractivity contribution in [2.75, 3.05) is 20.2 Å². The number of methoxy groups -OCH3 is 1. The highest BCUT2D eigenvalue weighted by Gasteiger charge is 2.16. The molecule has 0 aliphatic carbocycles. The van der Waals surface area contributed by atoms with Crippen LogP contribution in [0.25, 0.3) is 0 Å². The van der Waals surface area contributed by atoms with Gasteiger partial charge in [-0.15, -0.1) is 0 Å². The minimum Gasteiger partial charge on any atom is -0.465 e. The van der Waals surface area contributed by atoms with Crippen LogP contribution in [0.1, 0.15) is 35.2 Å². The summed E-state index contributed by atoms with van der Waals surface area (Å²) in [6.45, 7) is 1.75. The number of carbonyl (C=O) groups excluding carboxylic acids is 2. The predicted molar refractivity (Wildman–Crippen MR) is 71.9 cm³/mol. The molecule has 0 saturated carbocycles. The summed E-state index contributed by atoms with van der Waals surface area (Å²) in [6, 6.07) is 7.03. The summed E-state index contributed by atoms with van der Waals surface area (Å²) in [5.74, 6) is -0.181. The predicted octanol–water partition coefficient (Wildman–Crippen LogP) is 2.03. The molecule has 4 nitrogen and oxygen atoms in total. The summed E-state index contributed by atoms with van der Waals surface area (Å²) in [4.78, 5) is 25.3. The zero-order valence-electron chi connectivity index (χ0n) is 11.2. The zero-order chi connectivity index (χ0) is 13.7. The lowest BCUT2D eigenvalue weighted by Gasteiger charge is -2.26. The third-order valence-electron chi connectivity index (χ3n) is 3.44. The van der Waals surface area contributed by atoms with E-state index in [0.29, 0.717) is 12.0 Å². The van der Waals surface area contributed by atoms with Gasteiger partial charge in [0.15, 0.2) is 0 Å². The van der Waals surface area contributed by atoms with Crippen LogP contribution >= 0.6 is 0 Å². The van der Waals surface area contributed by atoms with Crippen LogP contribution in [0.5, 0.6) is 0 Å². The minimum absolute atomic E-state index is 0.172. The molecule has 19 heavy (non-hydrogen) atoms. The summed E-state index contributed by atoms with van der Waals surface area (Å²) in [7, 11) is 1.36. The number of hydrogen-bond acceptors (Lipinski definition) is 3. The second-order valence-corrected chi connectivity index (χ2v) is 4.81. The Balaban J connectivity index is 1.95. The number of hydrogen-bond donors (Lipinski definition) is 0. The van der Waals surface area contributed by atoms with Crippen LogP contribution in [0.2, 0.25) is 0 Å². The molecule has 0 radical (unpaired) electrons. The van der Waals surface area contributed by atoms with Crippen molar-refractivity contribution < 1.29 is 14.3 Å². The normalized spacial score (nSPS) is 15.1. The number of likely N-dealkylation sites (tertiary alicyclic amines) is 1. The van der Waals surface area contributed by atoms with Crippen molar-refractivity contribution >= 4 is 11.9 Å². The molecule has 1 fully saturated rings. The molecule has 4 heteroatoms. The lowest BCUT2D eigenvalue weighted by Crippen LogP contribution is -2.36. The lowest BCUT2D eigenvalue weighted by molar-refractivity contribution is -0.131. The second-order valence-electron chi connectivity index (χ2n) is 4.81. The molecule has 2 rings (SSSR count). The van der Waals surface area contributed by atoms with Gasteiger partial charge in [0.25, 0.3) is 0 Å². The Labute approximate surface area is 113 Å². The summed E-state index contributed by atoms with van der Waals surface area (Å²) in [5.41, 5.74) is 1.44. The molecule has 1 aromatic carbocycles. The number of carbonyl (C=O) groups is 2. The van der Waals surface area contributed by atoms with Gasteiger partial charge in [0.1, 0.15) is 0 Å². The van der Waals surface area contributed by atoms with E-state index in [2.05, 4.69) is 4.74 Å². The number of esters is 1. The highest BCUT2D eigenvalue weighted by Crippen LogP contribution is 2.12. The molecule has 0 unspecified atom stereocenters.